The molecule has 0 aromatic heterocycles. The predicted molar refractivity (Wildman–Crippen MR) is 127 cm³/mol. The average molecular weight is 439 g/mol. The van der Waals surface area contributed by atoms with Gasteiger partial charge in [-0.25, -0.2) is 4.39 Å². The van der Waals surface area contributed by atoms with Crippen LogP contribution in [0.5, 0.6) is 0 Å². The van der Waals surface area contributed by atoms with Crippen LogP contribution in [0.4, 0.5) is 10.1 Å². The number of amides is 1. The Bertz CT molecular complexity index is 880. The molecular weight excluding hydrogens is 403 g/mol. The molecule has 2 fully saturated rings. The quantitative estimate of drug-likeness (QED) is 0.714. The van der Waals surface area contributed by atoms with Crippen LogP contribution in [0.3, 0.4) is 0 Å². The maximum absolute atomic E-state index is 13.5. The molecule has 5 nitrogen and oxygen atoms in total. The van der Waals surface area contributed by atoms with Gasteiger partial charge in [0.15, 0.2) is 0 Å². The number of hydrogen-bond acceptors (Lipinski definition) is 4. The molecule has 0 aliphatic carbocycles. The molecule has 2 heterocycles. The smallest absolute Gasteiger partial charge is 0.228 e. The molecule has 2 aromatic rings. The molecule has 1 N–H and O–H groups in total. The lowest BCUT2D eigenvalue weighted by Crippen LogP contribution is -2.45. The van der Waals surface area contributed by atoms with E-state index in [4.69, 9.17) is 0 Å². The Hall–Kier alpha value is -2.28. The number of nitrogens with one attached hydrogen (secondary N) is 1. The molecule has 172 valence electrons. The van der Waals surface area contributed by atoms with Gasteiger partial charge in [-0.1, -0.05) is 31.2 Å². The number of carbonyl (C=O) groups excluding carboxylic acids is 1. The summed E-state index contributed by atoms with van der Waals surface area (Å²) in [5.74, 6) is -0.162. The lowest BCUT2D eigenvalue weighted by atomic mass is 9.96. The summed E-state index contributed by atoms with van der Waals surface area (Å²) >= 11 is 0. The Morgan fingerprint density at radius 1 is 0.938 bits per heavy atom. The lowest BCUT2D eigenvalue weighted by Gasteiger charge is -2.34. The van der Waals surface area contributed by atoms with Crippen LogP contribution in [0, 0.1) is 11.7 Å². The highest BCUT2D eigenvalue weighted by molar-refractivity contribution is 5.92. The monoisotopic (exact) mass is 438 g/mol. The van der Waals surface area contributed by atoms with Crippen molar-refractivity contribution in [2.45, 2.75) is 32.9 Å². The number of nitrogens with zero attached hydrogens (tertiary/aromatic N) is 3. The molecule has 0 saturated carbocycles. The van der Waals surface area contributed by atoms with Gasteiger partial charge >= 0.3 is 0 Å². The van der Waals surface area contributed by atoms with Crippen molar-refractivity contribution in [2.75, 3.05) is 51.1 Å². The Labute approximate surface area is 191 Å². The second kappa shape index (κ2) is 11.0. The van der Waals surface area contributed by atoms with Crippen LogP contribution in [0.15, 0.2) is 48.5 Å². The molecule has 2 saturated heterocycles. The van der Waals surface area contributed by atoms with Crippen LogP contribution < -0.4 is 5.32 Å². The van der Waals surface area contributed by atoms with E-state index in [2.05, 4.69) is 39.1 Å². The summed E-state index contributed by atoms with van der Waals surface area (Å²) < 4.78 is 13.5. The number of carbonyl (C=O) groups is 1. The van der Waals surface area contributed by atoms with Crippen LogP contribution >= 0.6 is 0 Å². The van der Waals surface area contributed by atoms with Gasteiger partial charge in [-0.3, -0.25) is 14.6 Å². The highest BCUT2D eigenvalue weighted by Crippen LogP contribution is 2.21. The van der Waals surface area contributed by atoms with Crippen molar-refractivity contribution in [3.63, 3.8) is 0 Å². The zero-order chi connectivity index (χ0) is 22.3. The van der Waals surface area contributed by atoms with Crippen molar-refractivity contribution in [2.24, 2.45) is 5.92 Å². The molecule has 4 rings (SSSR count). The molecule has 0 bridgehead atoms. The van der Waals surface area contributed by atoms with Gasteiger partial charge in [-0.15, -0.1) is 0 Å². The van der Waals surface area contributed by atoms with Gasteiger partial charge in [0.1, 0.15) is 5.82 Å². The van der Waals surface area contributed by atoms with Gasteiger partial charge in [0.2, 0.25) is 5.91 Å². The molecule has 2 aromatic carbocycles. The topological polar surface area (TPSA) is 38.8 Å². The highest BCUT2D eigenvalue weighted by Gasteiger charge is 2.26. The Kier molecular flexibility index (Phi) is 7.90. The number of piperidine rings is 1. The zero-order valence-electron chi connectivity index (χ0n) is 19.1. The second-order valence-corrected chi connectivity index (χ2v) is 9.10. The molecule has 6 heteroatoms. The van der Waals surface area contributed by atoms with Gasteiger partial charge in [-0.2, -0.15) is 0 Å². The number of hydrogen-bond donors (Lipinski definition) is 1. The fraction of sp³-hybridized carbons (Fsp3) is 0.500. The van der Waals surface area contributed by atoms with Crippen LogP contribution in [0.1, 0.15) is 30.9 Å². The molecule has 0 radical (unpaired) electrons. The SMILES string of the molecule is CCN1CCN(Cc2ccc(NC(=O)C3CCCN(Cc4cccc(F)c4)C3)cc2)CC1. The van der Waals surface area contributed by atoms with E-state index in [1.165, 1.54) is 11.6 Å². The number of halogens is 1. The number of anilines is 1. The summed E-state index contributed by atoms with van der Waals surface area (Å²) in [5.41, 5.74) is 3.10. The maximum Gasteiger partial charge on any atom is 0.228 e. The maximum atomic E-state index is 13.5. The number of benzene rings is 2. The summed E-state index contributed by atoms with van der Waals surface area (Å²) in [6, 6.07) is 15.0. The molecule has 1 unspecified atom stereocenters. The van der Waals surface area contributed by atoms with Gasteiger partial charge in [0, 0.05) is 51.5 Å². The molecule has 32 heavy (non-hydrogen) atoms. The van der Waals surface area contributed by atoms with Gasteiger partial charge < -0.3 is 10.2 Å². The van der Waals surface area contributed by atoms with E-state index in [0.29, 0.717) is 13.1 Å². The summed E-state index contributed by atoms with van der Waals surface area (Å²) in [6.07, 6.45) is 1.88. The summed E-state index contributed by atoms with van der Waals surface area (Å²) in [7, 11) is 0. The fourth-order valence-electron chi connectivity index (χ4n) is 4.77. The number of rotatable bonds is 7. The van der Waals surface area contributed by atoms with Gasteiger partial charge in [0.05, 0.1) is 5.92 Å². The number of likely N-dealkylation sites (tertiary alicyclic amines) is 1. The minimum atomic E-state index is -0.208. The zero-order valence-corrected chi connectivity index (χ0v) is 19.1. The van der Waals surface area contributed by atoms with Crippen molar-refractivity contribution in [3.05, 3.63) is 65.5 Å². The Morgan fingerprint density at radius 2 is 1.66 bits per heavy atom. The van der Waals surface area contributed by atoms with E-state index in [-0.39, 0.29) is 17.6 Å². The van der Waals surface area contributed by atoms with Crippen molar-refractivity contribution >= 4 is 11.6 Å². The van der Waals surface area contributed by atoms with Crippen molar-refractivity contribution in [3.8, 4) is 0 Å². The van der Waals surface area contributed by atoms with Crippen LogP contribution in [-0.2, 0) is 17.9 Å². The van der Waals surface area contributed by atoms with E-state index < -0.39 is 0 Å². The van der Waals surface area contributed by atoms with Crippen molar-refractivity contribution in [1.82, 2.24) is 14.7 Å². The van der Waals surface area contributed by atoms with Crippen LogP contribution in [0.25, 0.3) is 0 Å². The largest absolute Gasteiger partial charge is 0.326 e. The number of likely N-dealkylation sites (N-methyl/N-ethyl adjacent to an activating group) is 1. The normalized spacial score (nSPS) is 20.9. The third-order valence-electron chi connectivity index (χ3n) is 6.71. The fourth-order valence-corrected chi connectivity index (χ4v) is 4.77. The predicted octanol–water partition coefficient (Wildman–Crippen LogP) is 3.81. The standard InChI is InChI=1S/C26H35FN4O/c1-2-29-13-15-30(16-14-29)18-21-8-10-25(11-9-21)28-26(32)23-6-4-12-31(20-23)19-22-5-3-7-24(27)17-22/h3,5,7-11,17,23H,2,4,6,12-16,18-20H2,1H3,(H,28,32). The molecule has 0 spiro atoms. The van der Waals surface area contributed by atoms with Gasteiger partial charge in [-0.05, 0) is 61.3 Å². The lowest BCUT2D eigenvalue weighted by molar-refractivity contribution is -0.121. The van der Waals surface area contributed by atoms with Crippen LogP contribution in [-0.4, -0.2) is 66.4 Å². The van der Waals surface area contributed by atoms with Crippen LogP contribution in [0.2, 0.25) is 0 Å². The van der Waals surface area contributed by atoms with E-state index in [9.17, 15) is 9.18 Å². The summed E-state index contributed by atoms with van der Waals surface area (Å²) in [4.78, 5) is 20.1. The molecule has 1 atom stereocenters. The third-order valence-corrected chi connectivity index (χ3v) is 6.71. The number of piperazine rings is 1. The minimum Gasteiger partial charge on any atom is -0.326 e. The Morgan fingerprint density at radius 3 is 2.38 bits per heavy atom. The first-order valence-electron chi connectivity index (χ1n) is 11.9. The minimum absolute atomic E-state index is 0.0353. The summed E-state index contributed by atoms with van der Waals surface area (Å²) in [6.45, 7) is 11.2. The van der Waals surface area contributed by atoms with E-state index in [0.717, 1.165) is 69.9 Å². The Balaban J connectivity index is 1.26. The second-order valence-electron chi connectivity index (χ2n) is 9.10. The first-order chi connectivity index (χ1) is 15.6. The van der Waals surface area contributed by atoms with Crippen molar-refractivity contribution in [1.29, 1.82) is 0 Å². The third kappa shape index (κ3) is 6.37. The highest BCUT2D eigenvalue weighted by atomic mass is 19.1. The van der Waals surface area contributed by atoms with E-state index in [1.807, 2.05) is 18.2 Å². The molecule has 2 aliphatic heterocycles. The molecule has 1 amide bonds. The van der Waals surface area contributed by atoms with E-state index in [1.54, 1.807) is 12.1 Å². The van der Waals surface area contributed by atoms with E-state index >= 15 is 0 Å². The first kappa shape index (κ1) is 22.9. The molecular formula is C26H35FN4O. The van der Waals surface area contributed by atoms with Gasteiger partial charge in [0.25, 0.3) is 0 Å². The summed E-state index contributed by atoms with van der Waals surface area (Å²) in [5, 5.41) is 3.10. The molecule has 2 aliphatic rings. The average Bonchev–Trinajstić information content (AvgIpc) is 2.81. The first-order valence-corrected chi connectivity index (χ1v) is 11.9. The van der Waals surface area contributed by atoms with Crippen molar-refractivity contribution < 1.29 is 9.18 Å².